The van der Waals surface area contributed by atoms with Crippen molar-refractivity contribution in [3.63, 3.8) is 0 Å². The summed E-state index contributed by atoms with van der Waals surface area (Å²) in [4.78, 5) is 24.1. The van der Waals surface area contributed by atoms with Crippen LogP contribution in [0.15, 0.2) is 18.2 Å². The van der Waals surface area contributed by atoms with E-state index in [4.69, 9.17) is 15.2 Å². The van der Waals surface area contributed by atoms with E-state index in [1.54, 1.807) is 12.1 Å². The maximum atomic E-state index is 12.1. The van der Waals surface area contributed by atoms with Gasteiger partial charge in [-0.3, -0.25) is 0 Å². The van der Waals surface area contributed by atoms with Crippen LogP contribution in [0.2, 0.25) is 0 Å². The Hall–Kier alpha value is -2.04. The van der Waals surface area contributed by atoms with Gasteiger partial charge in [-0.25, -0.2) is 9.59 Å². The van der Waals surface area contributed by atoms with Crippen molar-refractivity contribution in [1.29, 1.82) is 0 Å². The number of rotatable bonds is 8. The Bertz CT molecular complexity index is 485. The van der Waals surface area contributed by atoms with Gasteiger partial charge in [0.1, 0.15) is 0 Å². The highest BCUT2D eigenvalue weighted by Crippen LogP contribution is 2.19. The van der Waals surface area contributed by atoms with Crippen LogP contribution in [-0.2, 0) is 9.47 Å². The van der Waals surface area contributed by atoms with Crippen LogP contribution in [0.4, 0.5) is 5.69 Å². The molecule has 0 saturated heterocycles. The van der Waals surface area contributed by atoms with Crippen LogP contribution in [0.5, 0.6) is 0 Å². The Balaban J connectivity index is 2.86. The smallest absolute Gasteiger partial charge is 0.341 e. The number of carbonyl (C=O) groups excluding carboxylic acids is 2. The predicted molar refractivity (Wildman–Crippen MR) is 81.2 cm³/mol. The van der Waals surface area contributed by atoms with Crippen molar-refractivity contribution in [2.75, 3.05) is 18.9 Å². The molecule has 5 nitrogen and oxygen atoms in total. The number of hydrogen-bond acceptors (Lipinski definition) is 5. The summed E-state index contributed by atoms with van der Waals surface area (Å²) < 4.78 is 10.3. The highest BCUT2D eigenvalue weighted by molar-refractivity contribution is 6.06. The van der Waals surface area contributed by atoms with E-state index in [9.17, 15) is 9.59 Å². The molecule has 0 fully saturated rings. The Kier molecular flexibility index (Phi) is 7.29. The van der Waals surface area contributed by atoms with Gasteiger partial charge in [0.05, 0.1) is 24.3 Å². The minimum atomic E-state index is -0.580. The molecule has 5 heteroatoms. The topological polar surface area (TPSA) is 78.6 Å². The molecular weight excluding hydrogens is 270 g/mol. The van der Waals surface area contributed by atoms with Crippen LogP contribution in [-0.4, -0.2) is 25.2 Å². The van der Waals surface area contributed by atoms with Crippen LogP contribution in [0.3, 0.4) is 0 Å². The zero-order chi connectivity index (χ0) is 15.7. The summed E-state index contributed by atoms with van der Waals surface area (Å²) in [5.41, 5.74) is 6.29. The molecule has 0 spiro atoms. The number of carbonyl (C=O) groups is 2. The fourth-order valence-corrected chi connectivity index (χ4v) is 1.74. The van der Waals surface area contributed by atoms with Crippen LogP contribution >= 0.6 is 0 Å². The molecule has 116 valence electrons. The van der Waals surface area contributed by atoms with Gasteiger partial charge in [-0.1, -0.05) is 32.8 Å². The molecular formula is C16H23NO4. The number of nitrogen functional groups attached to an aromatic ring is 1. The van der Waals surface area contributed by atoms with E-state index in [1.165, 1.54) is 6.07 Å². The molecule has 0 heterocycles. The maximum absolute atomic E-state index is 12.1. The molecule has 0 radical (unpaired) electrons. The van der Waals surface area contributed by atoms with Gasteiger partial charge in [-0.15, -0.1) is 0 Å². The molecule has 0 aliphatic heterocycles. The number of ether oxygens (including phenoxy) is 2. The van der Waals surface area contributed by atoms with Gasteiger partial charge in [0.15, 0.2) is 0 Å². The molecule has 0 aliphatic rings. The highest BCUT2D eigenvalue weighted by atomic mass is 16.5. The maximum Gasteiger partial charge on any atom is 0.341 e. The lowest BCUT2D eigenvalue weighted by Gasteiger charge is -2.11. The van der Waals surface area contributed by atoms with E-state index in [-0.39, 0.29) is 16.8 Å². The van der Waals surface area contributed by atoms with Crippen molar-refractivity contribution < 1.29 is 19.1 Å². The molecule has 0 aliphatic carbocycles. The average molecular weight is 293 g/mol. The minimum absolute atomic E-state index is 0.0927. The van der Waals surface area contributed by atoms with Gasteiger partial charge in [0, 0.05) is 5.69 Å². The van der Waals surface area contributed by atoms with E-state index in [2.05, 4.69) is 0 Å². The first-order valence-electron chi connectivity index (χ1n) is 7.34. The normalized spacial score (nSPS) is 10.2. The fourth-order valence-electron chi connectivity index (χ4n) is 1.74. The van der Waals surface area contributed by atoms with E-state index < -0.39 is 11.9 Å². The van der Waals surface area contributed by atoms with Gasteiger partial charge in [0.2, 0.25) is 0 Å². The van der Waals surface area contributed by atoms with Crippen molar-refractivity contribution in [1.82, 2.24) is 0 Å². The number of benzene rings is 1. The zero-order valence-electron chi connectivity index (χ0n) is 12.7. The van der Waals surface area contributed by atoms with E-state index >= 15 is 0 Å². The third-order valence-electron chi connectivity index (χ3n) is 2.98. The van der Waals surface area contributed by atoms with Gasteiger partial charge in [-0.2, -0.15) is 0 Å². The molecule has 2 N–H and O–H groups in total. The number of nitrogens with two attached hydrogens (primary N) is 1. The summed E-state index contributed by atoms with van der Waals surface area (Å²) in [7, 11) is 0. The first kappa shape index (κ1) is 17.0. The number of unbranched alkanes of at least 4 members (excludes halogenated alkanes) is 2. The molecule has 1 aromatic rings. The Labute approximate surface area is 125 Å². The largest absolute Gasteiger partial charge is 0.462 e. The Morgan fingerprint density at radius 3 is 2.14 bits per heavy atom. The zero-order valence-corrected chi connectivity index (χ0v) is 12.7. The van der Waals surface area contributed by atoms with Crippen LogP contribution < -0.4 is 5.73 Å². The number of hydrogen-bond donors (Lipinski definition) is 1. The van der Waals surface area contributed by atoms with Gasteiger partial charge in [0.25, 0.3) is 0 Å². The molecule has 1 aromatic carbocycles. The van der Waals surface area contributed by atoms with Crippen LogP contribution in [0, 0.1) is 0 Å². The molecule has 0 unspecified atom stereocenters. The lowest BCUT2D eigenvalue weighted by molar-refractivity contribution is 0.0453. The predicted octanol–water partition coefficient (Wildman–Crippen LogP) is 3.18. The van der Waals surface area contributed by atoms with Crippen molar-refractivity contribution >= 4 is 17.6 Å². The van der Waals surface area contributed by atoms with Crippen molar-refractivity contribution in [2.24, 2.45) is 0 Å². The molecule has 1 rings (SSSR count). The second-order valence-electron chi connectivity index (χ2n) is 4.75. The van der Waals surface area contributed by atoms with Gasteiger partial charge >= 0.3 is 11.9 Å². The lowest BCUT2D eigenvalue weighted by atomic mass is 10.1. The fraction of sp³-hybridized carbons (Fsp3) is 0.500. The lowest BCUT2D eigenvalue weighted by Crippen LogP contribution is -2.17. The SMILES string of the molecule is CCCCOC(=O)c1cccc(N)c1C(=O)OCCCC. The summed E-state index contributed by atoms with van der Waals surface area (Å²) in [6, 6.07) is 4.72. The van der Waals surface area contributed by atoms with Crippen LogP contribution in [0.25, 0.3) is 0 Å². The summed E-state index contributed by atoms with van der Waals surface area (Å²) in [5.74, 6) is -1.12. The van der Waals surface area contributed by atoms with E-state index in [0.717, 1.165) is 25.7 Å². The molecule has 21 heavy (non-hydrogen) atoms. The highest BCUT2D eigenvalue weighted by Gasteiger charge is 2.22. The number of esters is 2. The third kappa shape index (κ3) is 5.10. The second kappa shape index (κ2) is 9.00. The standard InChI is InChI=1S/C16H23NO4/c1-3-5-10-20-15(18)12-8-7-9-13(17)14(12)16(19)21-11-6-4-2/h7-9H,3-6,10-11,17H2,1-2H3. The summed E-state index contributed by atoms with van der Waals surface area (Å²) in [5, 5.41) is 0. The molecule has 0 bridgehead atoms. The monoisotopic (exact) mass is 293 g/mol. The third-order valence-corrected chi connectivity index (χ3v) is 2.98. The van der Waals surface area contributed by atoms with E-state index in [1.807, 2.05) is 13.8 Å². The first-order chi connectivity index (χ1) is 10.1. The van der Waals surface area contributed by atoms with Gasteiger partial charge < -0.3 is 15.2 Å². The number of anilines is 1. The molecule has 0 atom stereocenters. The van der Waals surface area contributed by atoms with E-state index in [0.29, 0.717) is 13.2 Å². The average Bonchev–Trinajstić information content (AvgIpc) is 2.47. The molecule has 0 amide bonds. The summed E-state index contributed by atoms with van der Waals surface area (Å²) in [6.45, 7) is 4.65. The first-order valence-corrected chi connectivity index (χ1v) is 7.34. The van der Waals surface area contributed by atoms with Crippen molar-refractivity contribution in [3.05, 3.63) is 29.3 Å². The van der Waals surface area contributed by atoms with Crippen molar-refractivity contribution in [2.45, 2.75) is 39.5 Å². The Morgan fingerprint density at radius 1 is 1.00 bits per heavy atom. The summed E-state index contributed by atoms with van der Waals surface area (Å²) in [6.07, 6.45) is 3.40. The summed E-state index contributed by atoms with van der Waals surface area (Å²) >= 11 is 0. The second-order valence-corrected chi connectivity index (χ2v) is 4.75. The van der Waals surface area contributed by atoms with Crippen molar-refractivity contribution in [3.8, 4) is 0 Å². The molecule has 0 saturated carbocycles. The quantitative estimate of drug-likeness (QED) is 0.452. The Morgan fingerprint density at radius 2 is 1.57 bits per heavy atom. The molecule has 0 aromatic heterocycles. The minimum Gasteiger partial charge on any atom is -0.462 e. The van der Waals surface area contributed by atoms with Crippen LogP contribution in [0.1, 0.15) is 60.2 Å². The van der Waals surface area contributed by atoms with Gasteiger partial charge in [-0.05, 0) is 25.0 Å².